The van der Waals surface area contributed by atoms with Gasteiger partial charge in [-0.1, -0.05) is 18.5 Å². The first-order valence-electron chi connectivity index (χ1n) is 6.74. The zero-order chi connectivity index (χ0) is 15.8. The molecule has 5 N–H and O–H groups in total. The summed E-state index contributed by atoms with van der Waals surface area (Å²) in [5, 5.41) is 3.85. The minimum Gasteiger partial charge on any atom is -0.368 e. The van der Waals surface area contributed by atoms with Crippen LogP contribution in [-0.4, -0.2) is 31.4 Å². The Bertz CT molecular complexity index is 492. The van der Waals surface area contributed by atoms with Crippen molar-refractivity contribution in [3.05, 3.63) is 28.8 Å². The van der Waals surface area contributed by atoms with Crippen LogP contribution in [-0.2, 0) is 16.1 Å². The highest BCUT2D eigenvalue weighted by Gasteiger charge is 2.16. The van der Waals surface area contributed by atoms with Gasteiger partial charge in [0.15, 0.2) is 0 Å². The van der Waals surface area contributed by atoms with Gasteiger partial charge in [0.25, 0.3) is 0 Å². The van der Waals surface area contributed by atoms with Crippen LogP contribution in [0.4, 0.5) is 5.69 Å². The Labute approximate surface area is 129 Å². The molecule has 0 spiro atoms. The highest BCUT2D eigenvalue weighted by molar-refractivity contribution is 6.30. The van der Waals surface area contributed by atoms with Gasteiger partial charge in [-0.15, -0.1) is 0 Å². The second-order valence-corrected chi connectivity index (χ2v) is 5.17. The highest BCUT2D eigenvalue weighted by Crippen LogP contribution is 2.24. The van der Waals surface area contributed by atoms with Crippen molar-refractivity contribution in [3.8, 4) is 0 Å². The van der Waals surface area contributed by atoms with Crippen LogP contribution in [0.25, 0.3) is 0 Å². The molecule has 0 radical (unpaired) electrons. The molecule has 0 bridgehead atoms. The number of nitrogens with one attached hydrogen (secondary N) is 1. The molecule has 0 atom stereocenters. The van der Waals surface area contributed by atoms with Crippen molar-refractivity contribution in [2.45, 2.75) is 19.9 Å². The second-order valence-electron chi connectivity index (χ2n) is 4.74. The summed E-state index contributed by atoms with van der Waals surface area (Å²) in [7, 11) is 0. The number of nitrogens with two attached hydrogens (primary N) is 2. The standard InChI is InChI=1S/C14H21ClN4O2/c1-2-5-18-7-10-6-11(15)3-4-12(10)19(8-13(16)20)9-14(17)21/h3-4,6,18H,2,5,7-9H2,1H3,(H2,16,20)(H2,17,21). The molecule has 0 saturated heterocycles. The number of anilines is 1. The summed E-state index contributed by atoms with van der Waals surface area (Å²) >= 11 is 6.02. The molecule has 21 heavy (non-hydrogen) atoms. The Kier molecular flexibility index (Phi) is 6.98. The largest absolute Gasteiger partial charge is 0.368 e. The van der Waals surface area contributed by atoms with Gasteiger partial charge in [0.1, 0.15) is 0 Å². The number of carbonyl (C=O) groups excluding carboxylic acids is 2. The molecule has 7 heteroatoms. The molecule has 0 aliphatic rings. The van der Waals surface area contributed by atoms with Crippen molar-refractivity contribution in [2.24, 2.45) is 11.5 Å². The molecule has 0 aromatic heterocycles. The summed E-state index contributed by atoms with van der Waals surface area (Å²) in [4.78, 5) is 23.9. The highest BCUT2D eigenvalue weighted by atomic mass is 35.5. The van der Waals surface area contributed by atoms with E-state index in [1.807, 2.05) is 0 Å². The van der Waals surface area contributed by atoms with E-state index in [0.29, 0.717) is 11.6 Å². The van der Waals surface area contributed by atoms with E-state index in [1.165, 1.54) is 0 Å². The van der Waals surface area contributed by atoms with E-state index in [0.717, 1.165) is 24.2 Å². The first-order chi connectivity index (χ1) is 9.93. The van der Waals surface area contributed by atoms with Crippen molar-refractivity contribution >= 4 is 29.1 Å². The number of rotatable bonds is 9. The molecule has 1 rings (SSSR count). The van der Waals surface area contributed by atoms with Crippen molar-refractivity contribution in [3.63, 3.8) is 0 Å². The van der Waals surface area contributed by atoms with Crippen molar-refractivity contribution in [1.29, 1.82) is 0 Å². The third-order valence-corrected chi connectivity index (χ3v) is 3.05. The lowest BCUT2D eigenvalue weighted by Gasteiger charge is -2.25. The van der Waals surface area contributed by atoms with Crippen LogP contribution in [0.2, 0.25) is 5.02 Å². The first kappa shape index (κ1) is 17.3. The Balaban J connectivity index is 3.03. The molecule has 2 amide bonds. The summed E-state index contributed by atoms with van der Waals surface area (Å²) in [6, 6.07) is 5.26. The van der Waals surface area contributed by atoms with E-state index in [-0.39, 0.29) is 13.1 Å². The SMILES string of the molecule is CCCNCc1cc(Cl)ccc1N(CC(N)=O)CC(N)=O. The molecule has 0 aliphatic heterocycles. The van der Waals surface area contributed by atoms with Gasteiger partial charge in [-0.3, -0.25) is 9.59 Å². The molecular weight excluding hydrogens is 292 g/mol. The van der Waals surface area contributed by atoms with Gasteiger partial charge in [-0.25, -0.2) is 0 Å². The fourth-order valence-electron chi connectivity index (χ4n) is 2.01. The van der Waals surface area contributed by atoms with E-state index < -0.39 is 11.8 Å². The average Bonchev–Trinajstić information content (AvgIpc) is 2.37. The predicted molar refractivity (Wildman–Crippen MR) is 84.1 cm³/mol. The molecule has 0 aliphatic carbocycles. The number of primary amides is 2. The maximum Gasteiger partial charge on any atom is 0.236 e. The smallest absolute Gasteiger partial charge is 0.236 e. The van der Waals surface area contributed by atoms with Gasteiger partial charge in [0.05, 0.1) is 13.1 Å². The fourth-order valence-corrected chi connectivity index (χ4v) is 2.20. The summed E-state index contributed by atoms with van der Waals surface area (Å²) in [6.45, 7) is 3.35. The number of hydrogen-bond acceptors (Lipinski definition) is 4. The first-order valence-corrected chi connectivity index (χ1v) is 7.12. The molecule has 0 saturated carbocycles. The van der Waals surface area contributed by atoms with Gasteiger partial charge in [0.2, 0.25) is 11.8 Å². The van der Waals surface area contributed by atoms with E-state index in [9.17, 15) is 9.59 Å². The third kappa shape index (κ3) is 6.01. The van der Waals surface area contributed by atoms with Crippen molar-refractivity contribution < 1.29 is 9.59 Å². The summed E-state index contributed by atoms with van der Waals surface area (Å²) in [6.07, 6.45) is 1.00. The molecular formula is C14H21ClN4O2. The number of amides is 2. The molecule has 0 unspecified atom stereocenters. The number of halogens is 1. The number of benzene rings is 1. The van der Waals surface area contributed by atoms with E-state index in [2.05, 4.69) is 12.2 Å². The second kappa shape index (κ2) is 8.49. The van der Waals surface area contributed by atoms with Crippen LogP contribution in [0.3, 0.4) is 0 Å². The van der Waals surface area contributed by atoms with Gasteiger partial charge < -0.3 is 21.7 Å². The normalized spacial score (nSPS) is 10.4. The fraction of sp³-hybridized carbons (Fsp3) is 0.429. The molecule has 116 valence electrons. The summed E-state index contributed by atoms with van der Waals surface area (Å²) in [5.74, 6) is -1.06. The Hall–Kier alpha value is -1.79. The lowest BCUT2D eigenvalue weighted by atomic mass is 10.1. The molecule has 0 fully saturated rings. The van der Waals surface area contributed by atoms with Gasteiger partial charge in [-0.2, -0.15) is 0 Å². The average molecular weight is 313 g/mol. The molecule has 0 heterocycles. The maximum atomic E-state index is 11.2. The van der Waals surface area contributed by atoms with Crippen LogP contribution < -0.4 is 21.7 Å². The summed E-state index contributed by atoms with van der Waals surface area (Å²) in [5.41, 5.74) is 12.1. The minimum atomic E-state index is -0.529. The lowest BCUT2D eigenvalue weighted by Crippen LogP contribution is -2.40. The zero-order valence-electron chi connectivity index (χ0n) is 12.1. The monoisotopic (exact) mass is 312 g/mol. The molecule has 1 aromatic rings. The third-order valence-electron chi connectivity index (χ3n) is 2.82. The van der Waals surface area contributed by atoms with Crippen molar-refractivity contribution in [2.75, 3.05) is 24.5 Å². The van der Waals surface area contributed by atoms with Crippen LogP contribution in [0, 0.1) is 0 Å². The van der Waals surface area contributed by atoms with Gasteiger partial charge >= 0.3 is 0 Å². The van der Waals surface area contributed by atoms with E-state index in [1.54, 1.807) is 23.1 Å². The van der Waals surface area contributed by atoms with Crippen LogP contribution in [0.5, 0.6) is 0 Å². The lowest BCUT2D eigenvalue weighted by molar-refractivity contribution is -0.117. The van der Waals surface area contributed by atoms with E-state index >= 15 is 0 Å². The van der Waals surface area contributed by atoms with Gasteiger partial charge in [-0.05, 0) is 36.7 Å². The topological polar surface area (TPSA) is 101 Å². The Morgan fingerprint density at radius 1 is 1.24 bits per heavy atom. The predicted octanol–water partition coefficient (Wildman–Crippen LogP) is 0.617. The minimum absolute atomic E-state index is 0.0780. The quantitative estimate of drug-likeness (QED) is 0.582. The zero-order valence-corrected chi connectivity index (χ0v) is 12.8. The maximum absolute atomic E-state index is 11.2. The Morgan fingerprint density at radius 2 is 1.86 bits per heavy atom. The number of nitrogens with zero attached hydrogens (tertiary/aromatic N) is 1. The number of hydrogen-bond donors (Lipinski definition) is 3. The van der Waals surface area contributed by atoms with Crippen LogP contribution >= 0.6 is 11.6 Å². The van der Waals surface area contributed by atoms with Crippen LogP contribution in [0.15, 0.2) is 18.2 Å². The molecule has 1 aromatic carbocycles. The Morgan fingerprint density at radius 3 is 2.38 bits per heavy atom. The van der Waals surface area contributed by atoms with E-state index in [4.69, 9.17) is 23.1 Å². The van der Waals surface area contributed by atoms with Crippen LogP contribution in [0.1, 0.15) is 18.9 Å². The van der Waals surface area contributed by atoms with Gasteiger partial charge in [0, 0.05) is 17.3 Å². The summed E-state index contributed by atoms with van der Waals surface area (Å²) < 4.78 is 0. The van der Waals surface area contributed by atoms with Crippen molar-refractivity contribution in [1.82, 2.24) is 5.32 Å². The number of carbonyl (C=O) groups is 2. The molecule has 6 nitrogen and oxygen atoms in total.